The smallest absolute Gasteiger partial charge is 0.338 e. The fraction of sp³-hybridized carbons (Fsp3) is 0.188. The van der Waals surface area contributed by atoms with E-state index in [0.29, 0.717) is 0 Å². The van der Waals surface area contributed by atoms with Crippen LogP contribution in [0.2, 0.25) is 0 Å². The second-order valence-electron chi connectivity index (χ2n) is 5.84. The SMILES string of the molecule is NN(c1ccc(O)cc1C(=O)O)N1C2CC(c3ccccc3O)N21. The molecule has 0 saturated carbocycles. The van der Waals surface area contributed by atoms with Crippen molar-refractivity contribution >= 4 is 11.7 Å². The molecule has 0 bridgehead atoms. The van der Waals surface area contributed by atoms with E-state index in [1.807, 2.05) is 17.1 Å². The van der Waals surface area contributed by atoms with E-state index in [9.17, 15) is 20.1 Å². The van der Waals surface area contributed by atoms with Crippen LogP contribution in [0.1, 0.15) is 28.4 Å². The zero-order valence-electron chi connectivity index (χ0n) is 12.6. The summed E-state index contributed by atoms with van der Waals surface area (Å²) >= 11 is 0. The van der Waals surface area contributed by atoms with Crippen molar-refractivity contribution in [3.8, 4) is 11.5 Å². The van der Waals surface area contributed by atoms with Gasteiger partial charge >= 0.3 is 5.97 Å². The van der Waals surface area contributed by atoms with Crippen LogP contribution in [0.4, 0.5) is 5.69 Å². The second-order valence-corrected chi connectivity index (χ2v) is 5.84. The summed E-state index contributed by atoms with van der Waals surface area (Å²) in [5.74, 6) is 5.02. The first-order valence-corrected chi connectivity index (χ1v) is 7.45. The molecule has 0 amide bonds. The zero-order valence-corrected chi connectivity index (χ0v) is 12.6. The molecule has 2 heterocycles. The van der Waals surface area contributed by atoms with Gasteiger partial charge in [0, 0.05) is 12.0 Å². The minimum atomic E-state index is -1.17. The number of aromatic hydroxyl groups is 2. The van der Waals surface area contributed by atoms with Crippen molar-refractivity contribution in [2.45, 2.75) is 18.6 Å². The van der Waals surface area contributed by atoms with Crippen molar-refractivity contribution < 1.29 is 20.1 Å². The van der Waals surface area contributed by atoms with Crippen LogP contribution in [0.25, 0.3) is 0 Å². The number of para-hydroxylation sites is 1. The van der Waals surface area contributed by atoms with E-state index in [1.54, 1.807) is 17.3 Å². The normalized spacial score (nSPS) is 27.0. The highest BCUT2D eigenvalue weighted by Gasteiger charge is 2.63. The molecule has 0 spiro atoms. The van der Waals surface area contributed by atoms with E-state index >= 15 is 0 Å². The lowest BCUT2D eigenvalue weighted by atomic mass is 9.97. The number of nitrogens with zero attached hydrogens (tertiary/aromatic N) is 3. The highest BCUT2D eigenvalue weighted by molar-refractivity contribution is 5.94. The van der Waals surface area contributed by atoms with Crippen LogP contribution in [0.3, 0.4) is 0 Å². The molecule has 2 aromatic rings. The van der Waals surface area contributed by atoms with Gasteiger partial charge < -0.3 is 15.3 Å². The summed E-state index contributed by atoms with van der Waals surface area (Å²) in [7, 11) is 0. The number of phenolic OH excluding ortho intramolecular Hbond substituents is 2. The number of carbonyl (C=O) groups is 1. The maximum Gasteiger partial charge on any atom is 0.338 e. The van der Waals surface area contributed by atoms with Gasteiger partial charge in [-0.1, -0.05) is 18.2 Å². The highest BCUT2D eigenvalue weighted by atomic mass is 16.4. The molecular formula is C16H16N4O4. The Bertz CT molecular complexity index is 827. The molecule has 4 rings (SSSR count). The number of carboxylic acids is 1. The second kappa shape index (κ2) is 5.10. The predicted molar refractivity (Wildman–Crippen MR) is 84.7 cm³/mol. The molecule has 0 aromatic heterocycles. The number of rotatable bonds is 4. The Hall–Kier alpha value is -2.81. The van der Waals surface area contributed by atoms with E-state index in [-0.39, 0.29) is 35.0 Å². The average molecular weight is 328 g/mol. The maximum absolute atomic E-state index is 11.4. The molecule has 24 heavy (non-hydrogen) atoms. The summed E-state index contributed by atoms with van der Waals surface area (Å²) in [6.07, 6.45) is 0.862. The molecule has 0 radical (unpaired) electrons. The number of carboxylic acid groups (broad SMARTS) is 1. The Morgan fingerprint density at radius 2 is 1.96 bits per heavy atom. The molecule has 2 aliphatic rings. The van der Waals surface area contributed by atoms with E-state index in [4.69, 9.17) is 5.84 Å². The molecule has 124 valence electrons. The van der Waals surface area contributed by atoms with Crippen molar-refractivity contribution in [1.29, 1.82) is 0 Å². The third-order valence-corrected chi connectivity index (χ3v) is 4.48. The Balaban J connectivity index is 1.58. The van der Waals surface area contributed by atoms with Crippen LogP contribution in [0.15, 0.2) is 42.5 Å². The number of hydrogen-bond donors (Lipinski definition) is 4. The molecule has 0 aliphatic carbocycles. The summed E-state index contributed by atoms with van der Waals surface area (Å²) < 4.78 is 0. The summed E-state index contributed by atoms with van der Waals surface area (Å²) in [5.41, 5.74) is 1.02. The monoisotopic (exact) mass is 328 g/mol. The van der Waals surface area contributed by atoms with Crippen LogP contribution in [0, 0.1) is 0 Å². The van der Waals surface area contributed by atoms with Gasteiger partial charge in [0.05, 0.1) is 17.3 Å². The van der Waals surface area contributed by atoms with Crippen LogP contribution in [-0.2, 0) is 0 Å². The first-order chi connectivity index (χ1) is 11.5. The zero-order chi connectivity index (χ0) is 17.0. The fourth-order valence-corrected chi connectivity index (χ4v) is 3.24. The van der Waals surface area contributed by atoms with Crippen molar-refractivity contribution in [3.05, 3.63) is 53.6 Å². The Kier molecular flexibility index (Phi) is 3.14. The lowest BCUT2D eigenvalue weighted by molar-refractivity contribution is 0.0696. The number of nitrogens with two attached hydrogens (primary N) is 1. The predicted octanol–water partition coefficient (Wildman–Crippen LogP) is 1.39. The lowest BCUT2D eigenvalue weighted by Crippen LogP contribution is -2.39. The standard InChI is InChI=1S/C16H16N4O4/c17-19(12-6-5-9(21)7-11(12)16(23)24)20-15-8-13(18(15)20)10-3-1-2-4-14(10)22/h1-7,13,15,21-22H,8,17H2,(H,23,24). The molecule has 2 aliphatic heterocycles. The van der Waals surface area contributed by atoms with Crippen LogP contribution >= 0.6 is 0 Å². The van der Waals surface area contributed by atoms with Crippen molar-refractivity contribution in [1.82, 2.24) is 10.1 Å². The van der Waals surface area contributed by atoms with Crippen LogP contribution in [0.5, 0.6) is 11.5 Å². The number of hydrazine groups is 3. The third kappa shape index (κ3) is 2.08. The number of aromatic carboxylic acids is 1. The van der Waals surface area contributed by atoms with Gasteiger partial charge in [0.1, 0.15) is 17.7 Å². The Morgan fingerprint density at radius 3 is 2.67 bits per heavy atom. The lowest BCUT2D eigenvalue weighted by Gasteiger charge is -2.25. The van der Waals surface area contributed by atoms with Gasteiger partial charge in [-0.25, -0.2) is 15.8 Å². The van der Waals surface area contributed by atoms with Gasteiger partial charge in [0.2, 0.25) is 0 Å². The summed E-state index contributed by atoms with van der Waals surface area (Å²) in [4.78, 5) is 11.4. The number of benzene rings is 2. The van der Waals surface area contributed by atoms with E-state index in [2.05, 4.69) is 0 Å². The van der Waals surface area contributed by atoms with Crippen molar-refractivity contribution in [2.24, 2.45) is 5.84 Å². The summed E-state index contributed by atoms with van der Waals surface area (Å²) in [6.45, 7) is 0. The van der Waals surface area contributed by atoms with Gasteiger partial charge in [-0.2, -0.15) is 5.01 Å². The molecule has 4 atom stereocenters. The van der Waals surface area contributed by atoms with Crippen LogP contribution in [-0.4, -0.2) is 37.6 Å². The van der Waals surface area contributed by atoms with E-state index in [1.165, 1.54) is 23.3 Å². The molecule has 4 unspecified atom stereocenters. The molecular weight excluding hydrogens is 312 g/mol. The number of anilines is 1. The maximum atomic E-state index is 11.4. The molecule has 8 heteroatoms. The largest absolute Gasteiger partial charge is 0.508 e. The topological polar surface area (TPSA) is 113 Å². The Morgan fingerprint density at radius 1 is 1.21 bits per heavy atom. The first-order valence-electron chi connectivity index (χ1n) is 7.45. The summed E-state index contributed by atoms with van der Waals surface area (Å²) in [5, 5.41) is 33.7. The molecule has 8 nitrogen and oxygen atoms in total. The van der Waals surface area contributed by atoms with Crippen LogP contribution < -0.4 is 11.0 Å². The first kappa shape index (κ1) is 14.8. The molecule has 2 aromatic carbocycles. The third-order valence-electron chi connectivity index (χ3n) is 4.48. The molecule has 2 saturated heterocycles. The van der Waals surface area contributed by atoms with Crippen molar-refractivity contribution in [2.75, 3.05) is 5.12 Å². The molecule has 2 fully saturated rings. The molecule has 5 N–H and O–H groups in total. The van der Waals surface area contributed by atoms with Crippen molar-refractivity contribution in [3.63, 3.8) is 0 Å². The van der Waals surface area contributed by atoms with Gasteiger partial charge in [-0.05, 0) is 24.3 Å². The van der Waals surface area contributed by atoms with Gasteiger partial charge in [-0.3, -0.25) is 0 Å². The van der Waals surface area contributed by atoms with Gasteiger partial charge in [0.25, 0.3) is 0 Å². The van der Waals surface area contributed by atoms with Gasteiger partial charge in [-0.15, -0.1) is 5.12 Å². The minimum absolute atomic E-state index is 0.00708. The highest BCUT2D eigenvalue weighted by Crippen LogP contribution is 2.55. The number of phenols is 2. The minimum Gasteiger partial charge on any atom is -0.508 e. The fourth-order valence-electron chi connectivity index (χ4n) is 3.24. The average Bonchev–Trinajstić information content (AvgIpc) is 3.13. The van der Waals surface area contributed by atoms with E-state index in [0.717, 1.165) is 12.0 Å². The summed E-state index contributed by atoms with van der Waals surface area (Å²) in [6, 6.07) is 11.1. The van der Waals surface area contributed by atoms with E-state index < -0.39 is 5.97 Å². The number of fused-ring (bicyclic) bond motifs is 1. The van der Waals surface area contributed by atoms with Gasteiger partial charge in [0.15, 0.2) is 0 Å². The Labute approximate surface area is 137 Å². The number of hydrogen-bond acceptors (Lipinski definition) is 7. The quantitative estimate of drug-likeness (QED) is 0.378.